The minimum Gasteiger partial charge on any atom is -0.490 e. The van der Waals surface area contributed by atoms with Crippen LogP contribution in [0.1, 0.15) is 5.56 Å². The fourth-order valence-corrected chi connectivity index (χ4v) is 3.19. The Bertz CT molecular complexity index is 776. The summed E-state index contributed by atoms with van der Waals surface area (Å²) in [6, 6.07) is 10.3. The van der Waals surface area contributed by atoms with Gasteiger partial charge in [0.2, 0.25) is 10.0 Å². The van der Waals surface area contributed by atoms with Crippen molar-refractivity contribution >= 4 is 15.7 Å². The van der Waals surface area contributed by atoms with Crippen LogP contribution in [0.5, 0.6) is 5.75 Å². The van der Waals surface area contributed by atoms with Crippen molar-refractivity contribution in [2.24, 2.45) is 0 Å². The van der Waals surface area contributed by atoms with Crippen molar-refractivity contribution in [2.75, 3.05) is 18.5 Å². The van der Waals surface area contributed by atoms with Gasteiger partial charge in [0.05, 0.1) is 10.6 Å². The molecule has 22 heavy (non-hydrogen) atoms. The van der Waals surface area contributed by atoms with E-state index in [1.54, 1.807) is 24.3 Å². The topological polar surface area (TPSA) is 67.4 Å². The lowest BCUT2D eigenvalue weighted by Crippen LogP contribution is -2.24. The Morgan fingerprint density at radius 2 is 1.95 bits per heavy atom. The monoisotopic (exact) mass is 322 g/mol. The zero-order valence-electron chi connectivity index (χ0n) is 11.7. The zero-order valence-corrected chi connectivity index (χ0v) is 12.5. The molecule has 0 unspecified atom stereocenters. The molecule has 0 saturated heterocycles. The van der Waals surface area contributed by atoms with Crippen LogP contribution in [-0.4, -0.2) is 21.6 Å². The highest BCUT2D eigenvalue weighted by Gasteiger charge is 2.18. The first kappa shape index (κ1) is 14.8. The molecule has 2 N–H and O–H groups in total. The Hall–Kier alpha value is -2.12. The van der Waals surface area contributed by atoms with E-state index in [1.165, 1.54) is 18.2 Å². The molecule has 0 aromatic heterocycles. The fraction of sp³-hybridized carbons (Fsp3) is 0.200. The van der Waals surface area contributed by atoms with Crippen LogP contribution in [0.3, 0.4) is 0 Å². The van der Waals surface area contributed by atoms with Gasteiger partial charge in [-0.25, -0.2) is 17.5 Å². The summed E-state index contributed by atoms with van der Waals surface area (Å²) in [4.78, 5) is 0.159. The molecule has 0 aliphatic carbocycles. The summed E-state index contributed by atoms with van der Waals surface area (Å²) < 4.78 is 45.4. The van der Waals surface area contributed by atoms with E-state index < -0.39 is 10.0 Å². The number of hydrogen-bond donors (Lipinski definition) is 2. The van der Waals surface area contributed by atoms with Crippen LogP contribution < -0.4 is 14.8 Å². The van der Waals surface area contributed by atoms with E-state index in [0.717, 1.165) is 0 Å². The number of anilines is 1. The van der Waals surface area contributed by atoms with Crippen LogP contribution >= 0.6 is 0 Å². The van der Waals surface area contributed by atoms with Gasteiger partial charge in [-0.05, 0) is 35.9 Å². The molecule has 0 radical (unpaired) electrons. The highest BCUT2D eigenvalue weighted by atomic mass is 32.2. The van der Waals surface area contributed by atoms with Crippen LogP contribution in [0, 0.1) is 5.82 Å². The summed E-state index contributed by atoms with van der Waals surface area (Å²) >= 11 is 0. The van der Waals surface area contributed by atoms with E-state index >= 15 is 0 Å². The van der Waals surface area contributed by atoms with E-state index in [1.807, 2.05) is 0 Å². The van der Waals surface area contributed by atoms with Crippen molar-refractivity contribution < 1.29 is 17.5 Å². The maximum Gasteiger partial charge on any atom is 0.240 e. The summed E-state index contributed by atoms with van der Waals surface area (Å²) in [6.07, 6.45) is 0. The molecule has 1 aliphatic rings. The highest BCUT2D eigenvalue weighted by Crippen LogP contribution is 2.29. The highest BCUT2D eigenvalue weighted by molar-refractivity contribution is 7.89. The normalized spacial score (nSPS) is 13.9. The van der Waals surface area contributed by atoms with E-state index in [9.17, 15) is 12.8 Å². The molecule has 2 aromatic rings. The van der Waals surface area contributed by atoms with E-state index in [0.29, 0.717) is 30.2 Å². The molecule has 5 nitrogen and oxygen atoms in total. The smallest absolute Gasteiger partial charge is 0.240 e. The summed E-state index contributed by atoms with van der Waals surface area (Å²) in [5.41, 5.74) is 1.35. The first-order valence-corrected chi connectivity index (χ1v) is 8.28. The van der Waals surface area contributed by atoms with Gasteiger partial charge in [-0.2, -0.15) is 0 Å². The van der Waals surface area contributed by atoms with Crippen LogP contribution in [-0.2, 0) is 16.6 Å². The summed E-state index contributed by atoms with van der Waals surface area (Å²) in [5, 5.41) is 3.10. The molecule has 1 aliphatic heterocycles. The number of sulfonamides is 1. The number of hydrogen-bond acceptors (Lipinski definition) is 4. The molecule has 116 valence electrons. The third kappa shape index (κ3) is 3.20. The largest absolute Gasteiger partial charge is 0.490 e. The quantitative estimate of drug-likeness (QED) is 0.905. The summed E-state index contributed by atoms with van der Waals surface area (Å²) in [6.45, 7) is 1.30. The van der Waals surface area contributed by atoms with Gasteiger partial charge in [0, 0.05) is 13.1 Å². The minimum atomic E-state index is -3.64. The Labute approximate surface area is 128 Å². The molecule has 7 heteroatoms. The van der Waals surface area contributed by atoms with Gasteiger partial charge in [0.15, 0.2) is 0 Å². The van der Waals surface area contributed by atoms with Crippen LogP contribution in [0.25, 0.3) is 0 Å². The van der Waals surface area contributed by atoms with Gasteiger partial charge < -0.3 is 10.1 Å². The molecule has 0 saturated carbocycles. The van der Waals surface area contributed by atoms with E-state index in [-0.39, 0.29) is 17.3 Å². The third-order valence-corrected chi connectivity index (χ3v) is 4.71. The molecule has 2 aromatic carbocycles. The van der Waals surface area contributed by atoms with Crippen molar-refractivity contribution in [3.63, 3.8) is 0 Å². The number of ether oxygens (including phenoxy) is 1. The Kier molecular flexibility index (Phi) is 4.00. The Balaban J connectivity index is 1.76. The second kappa shape index (κ2) is 5.94. The molecular weight excluding hydrogens is 307 g/mol. The SMILES string of the molecule is O=S(=O)(NCc1ccc(F)cc1)c1ccc2c(c1)NCCO2. The minimum absolute atomic E-state index is 0.101. The van der Waals surface area contributed by atoms with Gasteiger partial charge in [-0.3, -0.25) is 0 Å². The third-order valence-electron chi connectivity index (χ3n) is 3.32. The maximum atomic E-state index is 12.8. The van der Waals surface area contributed by atoms with Crippen molar-refractivity contribution in [3.05, 3.63) is 53.8 Å². The van der Waals surface area contributed by atoms with Crippen molar-refractivity contribution in [2.45, 2.75) is 11.4 Å². The van der Waals surface area contributed by atoms with Crippen LogP contribution in [0.4, 0.5) is 10.1 Å². The lowest BCUT2D eigenvalue weighted by Gasteiger charge is -2.19. The molecule has 3 rings (SSSR count). The maximum absolute atomic E-state index is 12.8. The summed E-state index contributed by atoms with van der Waals surface area (Å²) in [7, 11) is -3.64. The number of fused-ring (bicyclic) bond motifs is 1. The average Bonchev–Trinajstić information content (AvgIpc) is 2.54. The molecule has 0 atom stereocenters. The lowest BCUT2D eigenvalue weighted by molar-refractivity contribution is 0.323. The predicted molar refractivity (Wildman–Crippen MR) is 80.9 cm³/mol. The summed E-state index contributed by atoms with van der Waals surface area (Å²) in [5.74, 6) is 0.288. The molecule has 0 spiro atoms. The number of nitrogens with one attached hydrogen (secondary N) is 2. The lowest BCUT2D eigenvalue weighted by atomic mass is 10.2. The number of rotatable bonds is 4. The van der Waals surface area contributed by atoms with E-state index in [2.05, 4.69) is 10.0 Å². The van der Waals surface area contributed by atoms with Gasteiger partial charge in [0.1, 0.15) is 18.2 Å². The first-order valence-electron chi connectivity index (χ1n) is 6.79. The molecular formula is C15H15FN2O3S. The van der Waals surface area contributed by atoms with Crippen LogP contribution in [0.15, 0.2) is 47.4 Å². The van der Waals surface area contributed by atoms with Crippen LogP contribution in [0.2, 0.25) is 0 Å². The van der Waals surface area contributed by atoms with Gasteiger partial charge >= 0.3 is 0 Å². The Morgan fingerprint density at radius 1 is 1.18 bits per heavy atom. The number of halogens is 1. The van der Waals surface area contributed by atoms with Gasteiger partial charge in [-0.15, -0.1) is 0 Å². The van der Waals surface area contributed by atoms with Crippen molar-refractivity contribution in [1.82, 2.24) is 4.72 Å². The average molecular weight is 322 g/mol. The fourth-order valence-electron chi connectivity index (χ4n) is 2.15. The molecule has 0 fully saturated rings. The van der Waals surface area contributed by atoms with Gasteiger partial charge in [-0.1, -0.05) is 12.1 Å². The van der Waals surface area contributed by atoms with E-state index in [4.69, 9.17) is 4.74 Å². The molecule has 0 bridgehead atoms. The van der Waals surface area contributed by atoms with Gasteiger partial charge in [0.25, 0.3) is 0 Å². The number of benzene rings is 2. The standard InChI is InChI=1S/C15H15FN2O3S/c16-12-3-1-11(2-4-12)10-18-22(19,20)13-5-6-15-14(9-13)17-7-8-21-15/h1-6,9,17-18H,7-8,10H2. The molecule has 1 heterocycles. The second-order valence-electron chi connectivity index (χ2n) is 4.88. The molecule has 0 amide bonds. The van der Waals surface area contributed by atoms with Crippen molar-refractivity contribution in [3.8, 4) is 5.75 Å². The zero-order chi connectivity index (χ0) is 15.6. The first-order chi connectivity index (χ1) is 10.5. The Morgan fingerprint density at radius 3 is 2.73 bits per heavy atom. The predicted octanol–water partition coefficient (Wildman–Crippen LogP) is 2.11. The second-order valence-corrected chi connectivity index (χ2v) is 6.65. The van der Waals surface area contributed by atoms with Crippen molar-refractivity contribution in [1.29, 1.82) is 0 Å².